The molecule has 23 nitrogen and oxygen atoms in total. The van der Waals surface area contributed by atoms with Crippen molar-refractivity contribution in [2.45, 2.75) is 44.4 Å². The number of rotatable bonds is 20. The number of imide groups is 1. The van der Waals surface area contributed by atoms with E-state index in [0.29, 0.717) is 42.7 Å². The Morgan fingerprint density at radius 1 is 0.878 bits per heavy atom. The number of anilines is 2. The molecule has 1 saturated heterocycles. The normalized spacial score (nSPS) is 13.7. The van der Waals surface area contributed by atoms with Gasteiger partial charge in [0.05, 0.1) is 48.2 Å². The van der Waals surface area contributed by atoms with Gasteiger partial charge in [0.2, 0.25) is 35.4 Å². The summed E-state index contributed by atoms with van der Waals surface area (Å²) in [5.74, 6) is -3.84. The molecule has 5 N–H and O–H groups in total. The number of aromatic nitrogens is 6. The van der Waals surface area contributed by atoms with E-state index in [1.165, 1.54) is 67.1 Å². The van der Waals surface area contributed by atoms with Crippen molar-refractivity contribution in [2.24, 2.45) is 12.8 Å². The van der Waals surface area contributed by atoms with Crippen molar-refractivity contribution in [1.82, 2.24) is 53.8 Å². The molecule has 390 valence electrons. The first kappa shape index (κ1) is 53.1. The first-order valence-corrected chi connectivity index (χ1v) is 23.0. The van der Waals surface area contributed by atoms with Crippen LogP contribution in [0, 0.1) is 0 Å². The van der Waals surface area contributed by atoms with E-state index in [2.05, 4.69) is 31.0 Å². The molecule has 1 aliphatic rings. The minimum absolute atomic E-state index is 0.0359. The highest BCUT2D eigenvalue weighted by Gasteiger charge is 2.32. The number of nitrogens with two attached hydrogens (primary N) is 1. The van der Waals surface area contributed by atoms with Crippen molar-refractivity contribution in [1.29, 1.82) is 0 Å². The molecule has 7 rings (SSSR count). The molecule has 7 amide bonds. The lowest BCUT2D eigenvalue weighted by atomic mass is 10.1. The van der Waals surface area contributed by atoms with Gasteiger partial charge in [0.25, 0.3) is 11.8 Å². The number of likely N-dealkylation sites (N-methyl/N-ethyl adjacent to an activating group) is 4. The van der Waals surface area contributed by atoms with Gasteiger partial charge in [0.15, 0.2) is 11.4 Å². The minimum atomic E-state index is -4.47. The fourth-order valence-corrected chi connectivity index (χ4v) is 8.06. The molecular weight excluding hydrogens is 974 g/mol. The highest BCUT2D eigenvalue weighted by molar-refractivity contribution is 6.07. The summed E-state index contributed by atoms with van der Waals surface area (Å²) >= 11 is 0. The van der Waals surface area contributed by atoms with Crippen molar-refractivity contribution in [3.8, 4) is 17.1 Å². The molecule has 0 bridgehead atoms. The predicted octanol–water partition coefficient (Wildman–Crippen LogP) is 2.32. The molecule has 6 aromatic rings. The van der Waals surface area contributed by atoms with Gasteiger partial charge in [-0.15, -0.1) is 0 Å². The maximum absolute atomic E-state index is 13.2. The number of piperidine rings is 1. The molecule has 74 heavy (non-hydrogen) atoms. The van der Waals surface area contributed by atoms with Gasteiger partial charge in [-0.3, -0.25) is 52.9 Å². The van der Waals surface area contributed by atoms with Gasteiger partial charge in [0.1, 0.15) is 24.7 Å². The van der Waals surface area contributed by atoms with E-state index in [9.17, 15) is 51.5 Å². The van der Waals surface area contributed by atoms with E-state index in [-0.39, 0.29) is 90.2 Å². The number of hydrogen-bond acceptors (Lipinski definition) is 14. The van der Waals surface area contributed by atoms with Gasteiger partial charge in [-0.2, -0.15) is 18.3 Å². The van der Waals surface area contributed by atoms with Crippen LogP contribution < -0.4 is 27.4 Å². The Morgan fingerprint density at radius 3 is 2.23 bits per heavy atom. The van der Waals surface area contributed by atoms with Crippen LogP contribution in [0.2, 0.25) is 0 Å². The van der Waals surface area contributed by atoms with E-state index < -0.39 is 42.4 Å². The van der Waals surface area contributed by atoms with Crippen LogP contribution in [0.3, 0.4) is 0 Å². The van der Waals surface area contributed by atoms with Crippen molar-refractivity contribution < 1.29 is 51.2 Å². The summed E-state index contributed by atoms with van der Waals surface area (Å²) in [5.41, 5.74) is 8.37. The van der Waals surface area contributed by atoms with Crippen LogP contribution in [-0.4, -0.2) is 157 Å². The number of halogens is 3. The Labute approximate surface area is 420 Å². The van der Waals surface area contributed by atoms with Crippen molar-refractivity contribution >= 4 is 63.9 Å². The SMILES string of the molecule is CN(CC(=O)N(C)CC(=O)N(C)CC(=O)N(C)CCCc1ccc2c(c1)n(C)c(=O)n2C1CCC(=O)NC1=O)Cc1ccc(-n2cc(NC(=O)c3coc(-c4ccnc(NCC(F)(F)F)c4)n3)c(C(N)=O)n2)cc1. The number of primary amides is 1. The zero-order chi connectivity index (χ0) is 53.6. The maximum atomic E-state index is 13.2. The smallest absolute Gasteiger partial charge is 0.405 e. The monoisotopic (exact) mass is 1030 g/mol. The third kappa shape index (κ3) is 12.9. The average molecular weight is 1030 g/mol. The lowest BCUT2D eigenvalue weighted by molar-refractivity contribution is -0.142. The molecule has 26 heteroatoms. The van der Waals surface area contributed by atoms with Crippen LogP contribution in [0.15, 0.2) is 82.5 Å². The van der Waals surface area contributed by atoms with Crippen LogP contribution in [0.25, 0.3) is 28.2 Å². The zero-order valence-electron chi connectivity index (χ0n) is 40.9. The number of imidazole rings is 1. The van der Waals surface area contributed by atoms with E-state index in [1.54, 1.807) is 56.4 Å². The van der Waals surface area contributed by atoms with Crippen molar-refractivity contribution in [3.63, 3.8) is 0 Å². The first-order valence-electron chi connectivity index (χ1n) is 23.0. The van der Waals surface area contributed by atoms with Crippen LogP contribution in [0.5, 0.6) is 0 Å². The summed E-state index contributed by atoms with van der Waals surface area (Å²) in [5, 5.41) is 11.2. The summed E-state index contributed by atoms with van der Waals surface area (Å²) in [7, 11) is 7.98. The second-order valence-corrected chi connectivity index (χ2v) is 17.8. The third-order valence-electron chi connectivity index (χ3n) is 12.1. The number of oxazole rings is 1. The molecule has 1 aliphatic heterocycles. The Morgan fingerprint density at radius 2 is 1.55 bits per heavy atom. The van der Waals surface area contributed by atoms with Crippen molar-refractivity contribution in [3.05, 3.63) is 106 Å². The van der Waals surface area contributed by atoms with Crippen LogP contribution in [-0.2, 0) is 44.0 Å². The minimum Gasteiger partial charge on any atom is -0.444 e. The van der Waals surface area contributed by atoms with Crippen molar-refractivity contribution in [2.75, 3.05) is 71.5 Å². The molecule has 2 aromatic carbocycles. The molecule has 0 aliphatic carbocycles. The quantitative estimate of drug-likeness (QED) is 0.0800. The van der Waals surface area contributed by atoms with E-state index >= 15 is 0 Å². The number of carbonyl (C=O) groups is 7. The summed E-state index contributed by atoms with van der Waals surface area (Å²) in [6.07, 6.45) is 0.720. The summed E-state index contributed by atoms with van der Waals surface area (Å²) in [4.78, 5) is 116. The lowest BCUT2D eigenvalue weighted by Gasteiger charge is -2.25. The molecule has 0 spiro atoms. The Hall–Kier alpha value is -8.68. The Bertz CT molecular complexity index is 3180. The second kappa shape index (κ2) is 22.4. The molecule has 0 saturated carbocycles. The predicted molar refractivity (Wildman–Crippen MR) is 260 cm³/mol. The number of aryl methyl sites for hydroxylation is 2. The number of fused-ring (bicyclic) bond motifs is 1. The van der Waals surface area contributed by atoms with Crippen LogP contribution >= 0.6 is 0 Å². The number of alkyl halides is 3. The zero-order valence-corrected chi connectivity index (χ0v) is 40.9. The van der Waals surface area contributed by atoms with Gasteiger partial charge in [-0.25, -0.2) is 19.4 Å². The van der Waals surface area contributed by atoms with Crippen LogP contribution in [0.1, 0.15) is 57.4 Å². The number of amides is 7. The van der Waals surface area contributed by atoms with E-state index in [0.717, 1.165) is 17.4 Å². The third-order valence-corrected chi connectivity index (χ3v) is 12.1. The largest absolute Gasteiger partial charge is 0.444 e. The van der Waals surface area contributed by atoms with Gasteiger partial charge in [-0.1, -0.05) is 18.2 Å². The highest BCUT2D eigenvalue weighted by Crippen LogP contribution is 2.26. The average Bonchev–Trinajstić information content (AvgIpc) is 4.08. The Balaban J connectivity index is 0.847. The summed E-state index contributed by atoms with van der Waals surface area (Å²) in [6, 6.07) is 14.4. The van der Waals surface area contributed by atoms with Gasteiger partial charge in [-0.05, 0) is 73.8 Å². The second-order valence-electron chi connectivity index (χ2n) is 17.8. The first-order chi connectivity index (χ1) is 35.0. The van der Waals surface area contributed by atoms with Crippen LogP contribution in [0.4, 0.5) is 24.7 Å². The van der Waals surface area contributed by atoms with Gasteiger partial charge in [0, 0.05) is 59.5 Å². The molecule has 5 heterocycles. The lowest BCUT2D eigenvalue weighted by Crippen LogP contribution is -2.45. The molecule has 4 aromatic heterocycles. The van der Waals surface area contributed by atoms with Gasteiger partial charge >= 0.3 is 11.9 Å². The van der Waals surface area contributed by atoms with E-state index in [4.69, 9.17) is 10.2 Å². The number of carbonyl (C=O) groups excluding carboxylic acids is 7. The fraction of sp³-hybridized carbons (Fsp3) is 0.354. The number of pyridine rings is 1. The Kier molecular flexibility index (Phi) is 16.1. The highest BCUT2D eigenvalue weighted by atomic mass is 19.4. The fourth-order valence-electron chi connectivity index (χ4n) is 8.06. The standard InChI is InChI=1S/C48H53F3N14O9/c1-59(21-29-8-11-31(12-9-29)64-22-32(42(58-64)43(52)70)55-44(71)33-26-74-46(56-33)30-16-17-53-37(20-30)54-27-48(49,50)51)23-39(67)61(3)25-41(69)62(4)24-40(68)60(2)18-6-7-28-10-13-34-36(19-28)63(5)47(73)65(34)35-14-15-38(66)57-45(35)72/h8-13,16-17,19-20,22,26,35H,6-7,14-15,18,21,23-25,27H2,1-5H3,(H2,52,70)(H,53,54)(H,55,71)(H,57,66,72). The number of benzene rings is 2. The topological polar surface area (TPSA) is 278 Å². The number of nitrogens with zero attached hydrogens (tertiary/aromatic N) is 10. The molecule has 1 atom stereocenters. The number of nitrogens with one attached hydrogen (secondary N) is 3. The molecular formula is C48H53F3N14O9. The summed E-state index contributed by atoms with van der Waals surface area (Å²) in [6.45, 7) is -1.09. The van der Waals surface area contributed by atoms with E-state index in [1.807, 2.05) is 12.1 Å². The molecule has 0 radical (unpaired) electrons. The van der Waals surface area contributed by atoms with Gasteiger partial charge < -0.3 is 35.5 Å². The summed E-state index contributed by atoms with van der Waals surface area (Å²) < 4.78 is 47.6. The molecule has 1 unspecified atom stereocenters. The molecule has 1 fully saturated rings. The number of hydrogen-bond donors (Lipinski definition) is 4. The maximum Gasteiger partial charge on any atom is 0.405 e.